The van der Waals surface area contributed by atoms with Gasteiger partial charge in [0.05, 0.1) is 0 Å². The zero-order chi connectivity index (χ0) is 36.2. The number of pyridine rings is 1. The van der Waals surface area contributed by atoms with Gasteiger partial charge in [0.15, 0.2) is 0 Å². The largest absolute Gasteiger partial charge is 0.351 e. The molecule has 6 N–H and O–H groups in total. The molecule has 1 aliphatic carbocycles. The summed E-state index contributed by atoms with van der Waals surface area (Å²) in [6.45, 7) is 10.3. The summed E-state index contributed by atoms with van der Waals surface area (Å²) in [5.74, 6) is 0.160. The summed E-state index contributed by atoms with van der Waals surface area (Å²) in [4.78, 5) is 46.8. The lowest BCUT2D eigenvalue weighted by Crippen LogP contribution is -2.48. The van der Waals surface area contributed by atoms with Gasteiger partial charge in [0.2, 0.25) is 17.6 Å². The summed E-state index contributed by atoms with van der Waals surface area (Å²) >= 11 is 0. The highest BCUT2D eigenvalue weighted by molar-refractivity contribution is 5.98. The Hall–Kier alpha value is -5.01. The highest BCUT2D eigenvalue weighted by Crippen LogP contribution is 2.29. The molecule has 0 saturated heterocycles. The third-order valence-corrected chi connectivity index (χ3v) is 9.79. The number of nitrogens with one attached hydrogen (secondary N) is 4. The van der Waals surface area contributed by atoms with E-state index in [1.54, 1.807) is 30.3 Å². The quantitative estimate of drug-likeness (QED) is 0.108. The maximum Gasteiger partial charge on any atom is 0.269 e. The van der Waals surface area contributed by atoms with E-state index in [-0.39, 0.29) is 23.6 Å². The fourth-order valence-electron chi connectivity index (χ4n) is 6.56. The van der Waals surface area contributed by atoms with Crippen molar-refractivity contribution in [2.75, 3.05) is 38.0 Å². The summed E-state index contributed by atoms with van der Waals surface area (Å²) < 4.78 is 0. The number of hydrogen-bond donors (Lipinski definition) is 5. The Labute approximate surface area is 299 Å². The molecule has 1 aliphatic rings. The lowest BCUT2D eigenvalue weighted by Gasteiger charge is -2.28. The molecule has 13 heteroatoms. The molecule has 2 aromatic carbocycles. The van der Waals surface area contributed by atoms with Crippen LogP contribution in [0.1, 0.15) is 67.7 Å². The Morgan fingerprint density at radius 2 is 1.65 bits per heavy atom. The molecule has 0 spiro atoms. The van der Waals surface area contributed by atoms with Gasteiger partial charge in [0.1, 0.15) is 11.7 Å². The third kappa shape index (κ3) is 10.3. The van der Waals surface area contributed by atoms with Gasteiger partial charge in [-0.2, -0.15) is 5.21 Å². The van der Waals surface area contributed by atoms with Crippen molar-refractivity contribution >= 4 is 23.4 Å². The lowest BCUT2D eigenvalue weighted by molar-refractivity contribution is -0.130. The molecule has 51 heavy (non-hydrogen) atoms. The van der Waals surface area contributed by atoms with Gasteiger partial charge in [-0.15, -0.1) is 10.2 Å². The van der Waals surface area contributed by atoms with Gasteiger partial charge in [0, 0.05) is 41.4 Å². The molecule has 1 fully saturated rings. The number of nitrogens with zero attached hydrogens (tertiary/aromatic N) is 5. The number of amides is 3. The second-order valence-electron chi connectivity index (χ2n) is 13.2. The number of tetrazole rings is 1. The number of H-pyrrole nitrogens is 1. The SMILES string of the molecule is CCN(CC)CCCNC(=O)c1ccc(-c2ccc(CC(NC(=O)C3CCC(CN)CC3)C(=O)Nc3ccc(-c4nn[nH]n4)cc3)cc2)c(C)n1. The molecule has 1 unspecified atom stereocenters. The molecule has 2 aromatic heterocycles. The number of aromatic nitrogens is 5. The van der Waals surface area contributed by atoms with E-state index >= 15 is 0 Å². The molecule has 2 heterocycles. The van der Waals surface area contributed by atoms with Gasteiger partial charge in [-0.05, 0) is 118 Å². The van der Waals surface area contributed by atoms with Crippen LogP contribution < -0.4 is 21.7 Å². The predicted molar refractivity (Wildman–Crippen MR) is 198 cm³/mol. The lowest BCUT2D eigenvalue weighted by atomic mass is 9.81. The van der Waals surface area contributed by atoms with E-state index in [1.165, 1.54) is 0 Å². The van der Waals surface area contributed by atoms with Crippen molar-refractivity contribution in [3.8, 4) is 22.5 Å². The Kier molecular flexibility index (Phi) is 13.4. The Morgan fingerprint density at radius 3 is 2.27 bits per heavy atom. The van der Waals surface area contributed by atoms with E-state index in [4.69, 9.17) is 5.73 Å². The highest BCUT2D eigenvalue weighted by Gasteiger charge is 2.29. The standard InChI is InChI=1S/C38H50N10O3/c1-4-48(5-2)22-6-21-40-37(50)33-20-19-32(25(3)41-33)28-11-7-26(8-12-28)23-34(43-36(49)30-13-9-27(24-39)10-14-30)38(51)42-31-17-15-29(16-18-31)35-44-46-47-45-35/h7-8,11-12,15-20,27,30,34H,4-6,9-10,13-14,21-24,39H2,1-3H3,(H,40,50)(H,42,51)(H,43,49)(H,44,45,46,47). The van der Waals surface area contributed by atoms with Crippen LogP contribution in [0.5, 0.6) is 0 Å². The minimum atomic E-state index is -0.791. The number of hydrogen-bond acceptors (Lipinski definition) is 9. The minimum Gasteiger partial charge on any atom is -0.351 e. The number of nitrogens with two attached hydrogens (primary N) is 1. The fourth-order valence-corrected chi connectivity index (χ4v) is 6.56. The summed E-state index contributed by atoms with van der Waals surface area (Å²) in [6.07, 6.45) is 4.54. The van der Waals surface area contributed by atoms with Crippen molar-refractivity contribution in [2.45, 2.75) is 65.3 Å². The maximum atomic E-state index is 13.7. The van der Waals surface area contributed by atoms with E-state index in [2.05, 4.69) is 60.3 Å². The molecule has 1 atom stereocenters. The van der Waals surface area contributed by atoms with Gasteiger partial charge >= 0.3 is 0 Å². The third-order valence-electron chi connectivity index (χ3n) is 9.79. The van der Waals surface area contributed by atoms with E-state index in [0.29, 0.717) is 42.6 Å². The number of benzene rings is 2. The van der Waals surface area contributed by atoms with Gasteiger partial charge in [-0.1, -0.05) is 44.2 Å². The number of anilines is 1. The summed E-state index contributed by atoms with van der Waals surface area (Å²) in [7, 11) is 0. The molecule has 5 rings (SSSR count). The minimum absolute atomic E-state index is 0.107. The normalized spacial score (nSPS) is 16.4. The van der Waals surface area contributed by atoms with Crippen LogP contribution in [-0.4, -0.2) is 87.0 Å². The predicted octanol–water partition coefficient (Wildman–Crippen LogP) is 4.13. The van der Waals surface area contributed by atoms with E-state index in [1.807, 2.05) is 37.3 Å². The number of carbonyl (C=O) groups excluding carboxylic acids is 3. The fraction of sp³-hybridized carbons (Fsp3) is 0.447. The molecule has 3 amide bonds. The van der Waals surface area contributed by atoms with Gasteiger partial charge in [-0.25, -0.2) is 4.98 Å². The molecule has 0 bridgehead atoms. The topological polar surface area (TPSA) is 184 Å². The number of carbonyl (C=O) groups is 3. The Bertz CT molecular complexity index is 1720. The van der Waals surface area contributed by atoms with Gasteiger partial charge < -0.3 is 26.6 Å². The van der Waals surface area contributed by atoms with Crippen molar-refractivity contribution in [2.24, 2.45) is 17.6 Å². The molecular formula is C38H50N10O3. The van der Waals surface area contributed by atoms with Crippen molar-refractivity contribution in [1.29, 1.82) is 0 Å². The molecule has 13 nitrogen and oxygen atoms in total. The van der Waals surface area contributed by atoms with Crippen molar-refractivity contribution < 1.29 is 14.4 Å². The smallest absolute Gasteiger partial charge is 0.269 e. The Morgan fingerprint density at radius 1 is 0.941 bits per heavy atom. The zero-order valence-electron chi connectivity index (χ0n) is 29.8. The molecule has 0 radical (unpaired) electrons. The maximum absolute atomic E-state index is 13.7. The molecule has 0 aliphatic heterocycles. The van der Waals surface area contributed by atoms with Crippen LogP contribution in [0.4, 0.5) is 5.69 Å². The van der Waals surface area contributed by atoms with Crippen LogP contribution >= 0.6 is 0 Å². The van der Waals surface area contributed by atoms with Crippen LogP contribution in [0.15, 0.2) is 60.7 Å². The van der Waals surface area contributed by atoms with E-state index in [0.717, 1.165) is 79.7 Å². The van der Waals surface area contributed by atoms with Crippen LogP contribution in [0.2, 0.25) is 0 Å². The summed E-state index contributed by atoms with van der Waals surface area (Å²) in [6, 6.07) is 17.9. The monoisotopic (exact) mass is 694 g/mol. The van der Waals surface area contributed by atoms with Crippen LogP contribution in [-0.2, 0) is 16.0 Å². The molecular weight excluding hydrogens is 644 g/mol. The molecule has 1 saturated carbocycles. The van der Waals surface area contributed by atoms with Crippen LogP contribution in [0, 0.1) is 18.8 Å². The number of rotatable bonds is 16. The average molecular weight is 695 g/mol. The second kappa shape index (κ2) is 18.3. The van der Waals surface area contributed by atoms with Crippen LogP contribution in [0.3, 0.4) is 0 Å². The van der Waals surface area contributed by atoms with E-state index < -0.39 is 6.04 Å². The first kappa shape index (κ1) is 37.3. The first-order valence-electron chi connectivity index (χ1n) is 18.0. The first-order valence-corrected chi connectivity index (χ1v) is 18.0. The van der Waals surface area contributed by atoms with Crippen LogP contribution in [0.25, 0.3) is 22.5 Å². The van der Waals surface area contributed by atoms with Gasteiger partial charge in [0.25, 0.3) is 5.91 Å². The Balaban J connectivity index is 1.24. The summed E-state index contributed by atoms with van der Waals surface area (Å²) in [5, 5.41) is 23.0. The van der Waals surface area contributed by atoms with E-state index in [9.17, 15) is 14.4 Å². The highest BCUT2D eigenvalue weighted by atomic mass is 16.2. The second-order valence-corrected chi connectivity index (χ2v) is 13.2. The first-order chi connectivity index (χ1) is 24.8. The molecule has 270 valence electrons. The van der Waals surface area contributed by atoms with Gasteiger partial charge in [-0.3, -0.25) is 14.4 Å². The zero-order valence-corrected chi connectivity index (χ0v) is 29.8. The summed E-state index contributed by atoms with van der Waals surface area (Å²) in [5.41, 5.74) is 11.1. The van der Waals surface area contributed by atoms with Crippen molar-refractivity contribution in [3.63, 3.8) is 0 Å². The van der Waals surface area contributed by atoms with Crippen molar-refractivity contribution in [3.05, 3.63) is 77.6 Å². The number of aryl methyl sites for hydroxylation is 1. The number of aromatic amines is 1. The van der Waals surface area contributed by atoms with Crippen molar-refractivity contribution in [1.82, 2.24) is 41.1 Å². The average Bonchev–Trinajstić information content (AvgIpc) is 3.70. The molecule has 4 aromatic rings.